The van der Waals surface area contributed by atoms with E-state index in [4.69, 9.17) is 4.74 Å². The molecule has 0 bridgehead atoms. The number of rotatable bonds is 14. The van der Waals surface area contributed by atoms with Crippen molar-refractivity contribution in [3.63, 3.8) is 0 Å². The zero-order chi connectivity index (χ0) is 19.0. The molecule has 0 aliphatic carbocycles. The fourth-order valence-corrected chi connectivity index (χ4v) is 2.77. The van der Waals surface area contributed by atoms with Crippen molar-refractivity contribution in [2.24, 2.45) is 0 Å². The van der Waals surface area contributed by atoms with Crippen LogP contribution in [0.25, 0.3) is 0 Å². The van der Waals surface area contributed by atoms with Gasteiger partial charge in [-0.2, -0.15) is 0 Å². The number of pyridine rings is 1. The lowest BCUT2D eigenvalue weighted by Crippen LogP contribution is -2.34. The molecule has 0 N–H and O–H groups in total. The summed E-state index contributed by atoms with van der Waals surface area (Å²) in [7, 11) is 0. The van der Waals surface area contributed by atoms with Gasteiger partial charge in [0.1, 0.15) is 0 Å². The summed E-state index contributed by atoms with van der Waals surface area (Å²) in [4.78, 5) is 29.6. The molecule has 26 heavy (non-hydrogen) atoms. The maximum Gasteiger partial charge on any atom is 0.307 e. The topological polar surface area (TPSA) is 59.5 Å². The van der Waals surface area contributed by atoms with E-state index in [0.717, 1.165) is 12.8 Å². The van der Waals surface area contributed by atoms with Gasteiger partial charge in [0, 0.05) is 25.4 Å². The highest BCUT2D eigenvalue weighted by Gasteiger charge is 2.15. The second-order valence-electron chi connectivity index (χ2n) is 6.63. The van der Waals surface area contributed by atoms with E-state index < -0.39 is 0 Å². The van der Waals surface area contributed by atoms with Gasteiger partial charge < -0.3 is 9.64 Å². The predicted molar refractivity (Wildman–Crippen MR) is 104 cm³/mol. The molecule has 0 unspecified atom stereocenters. The Morgan fingerprint density at radius 3 is 2.23 bits per heavy atom. The Hall–Kier alpha value is -1.91. The largest absolute Gasteiger partial charge is 0.444 e. The van der Waals surface area contributed by atoms with Gasteiger partial charge in [-0.3, -0.25) is 14.6 Å². The van der Waals surface area contributed by atoms with Crippen LogP contribution in [0, 0.1) is 0 Å². The van der Waals surface area contributed by atoms with Crippen molar-refractivity contribution >= 4 is 11.9 Å². The molecule has 0 saturated carbocycles. The second kappa shape index (κ2) is 14.3. The van der Waals surface area contributed by atoms with E-state index in [9.17, 15) is 9.59 Å². The Labute approximate surface area is 158 Å². The van der Waals surface area contributed by atoms with Gasteiger partial charge in [-0.1, -0.05) is 58.3 Å². The molecular weight excluding hydrogens is 328 g/mol. The molecule has 5 heteroatoms. The molecule has 0 aliphatic heterocycles. The lowest BCUT2D eigenvalue weighted by molar-refractivity contribution is -0.147. The van der Waals surface area contributed by atoms with Gasteiger partial charge >= 0.3 is 5.97 Å². The Kier molecular flexibility index (Phi) is 12.2. The fraction of sp³-hybridized carbons (Fsp3) is 0.667. The summed E-state index contributed by atoms with van der Waals surface area (Å²) in [5, 5.41) is 0. The second-order valence-corrected chi connectivity index (χ2v) is 6.63. The van der Waals surface area contributed by atoms with Crippen LogP contribution >= 0.6 is 0 Å². The number of ether oxygens (including phenoxy) is 1. The Morgan fingerprint density at radius 1 is 1.00 bits per heavy atom. The summed E-state index contributed by atoms with van der Waals surface area (Å²) >= 11 is 0. The molecule has 1 aromatic rings. The zero-order valence-electron chi connectivity index (χ0n) is 16.4. The first-order valence-electron chi connectivity index (χ1n) is 10.0. The Bertz CT molecular complexity index is 505. The lowest BCUT2D eigenvalue weighted by atomic mass is 10.1. The van der Waals surface area contributed by atoms with E-state index in [1.165, 1.54) is 56.0 Å². The predicted octanol–water partition coefficient (Wildman–Crippen LogP) is 4.97. The first kappa shape index (κ1) is 22.1. The molecule has 0 saturated heterocycles. The fourth-order valence-electron chi connectivity index (χ4n) is 2.77. The van der Waals surface area contributed by atoms with Gasteiger partial charge in [-0.15, -0.1) is 0 Å². The third-order valence-electron chi connectivity index (χ3n) is 4.44. The molecule has 1 aromatic heterocycles. The highest BCUT2D eigenvalue weighted by molar-refractivity contribution is 5.93. The number of hydrogen-bond acceptors (Lipinski definition) is 4. The lowest BCUT2D eigenvalue weighted by Gasteiger charge is -2.20. The van der Waals surface area contributed by atoms with Crippen LogP contribution in [-0.4, -0.2) is 35.0 Å². The minimum Gasteiger partial charge on any atom is -0.444 e. The molecular formula is C21H34N2O3. The van der Waals surface area contributed by atoms with Crippen molar-refractivity contribution in [2.45, 2.75) is 78.1 Å². The summed E-state index contributed by atoms with van der Waals surface area (Å²) in [6.45, 7) is 4.58. The van der Waals surface area contributed by atoms with E-state index in [2.05, 4.69) is 11.9 Å². The van der Waals surface area contributed by atoms with Gasteiger partial charge in [0.15, 0.2) is 6.73 Å². The van der Waals surface area contributed by atoms with Crippen molar-refractivity contribution in [2.75, 3.05) is 13.3 Å². The maximum absolute atomic E-state index is 12.3. The van der Waals surface area contributed by atoms with Gasteiger partial charge in [0.05, 0.1) is 5.56 Å². The van der Waals surface area contributed by atoms with E-state index in [1.807, 2.05) is 6.92 Å². The quantitative estimate of drug-likeness (QED) is 0.266. The molecule has 1 rings (SSSR count). The smallest absolute Gasteiger partial charge is 0.307 e. The molecule has 0 aromatic carbocycles. The first-order valence-corrected chi connectivity index (χ1v) is 10.0. The zero-order valence-corrected chi connectivity index (χ0v) is 16.4. The van der Waals surface area contributed by atoms with Gasteiger partial charge in [0.25, 0.3) is 5.91 Å². The number of nitrogens with zero attached hydrogens (tertiary/aromatic N) is 2. The summed E-state index contributed by atoms with van der Waals surface area (Å²) in [6.07, 6.45) is 14.5. The summed E-state index contributed by atoms with van der Waals surface area (Å²) < 4.78 is 5.26. The standard InChI is InChI=1S/C21H34N2O3/c1-3-5-6-7-8-9-10-11-12-15-20(24)26-18-23(4-2)21(25)19-14-13-16-22-17-19/h13-14,16-17H,3-12,15,18H2,1-2H3. The molecule has 5 nitrogen and oxygen atoms in total. The Morgan fingerprint density at radius 2 is 1.65 bits per heavy atom. The van der Waals surface area contributed by atoms with Crippen molar-refractivity contribution in [1.29, 1.82) is 0 Å². The molecule has 1 amide bonds. The van der Waals surface area contributed by atoms with Crippen LogP contribution in [0.15, 0.2) is 24.5 Å². The van der Waals surface area contributed by atoms with E-state index in [-0.39, 0.29) is 18.6 Å². The summed E-state index contributed by atoms with van der Waals surface area (Å²) in [5.74, 6) is -0.401. The van der Waals surface area contributed by atoms with E-state index in [1.54, 1.807) is 18.3 Å². The third-order valence-corrected chi connectivity index (χ3v) is 4.44. The molecule has 0 atom stereocenters. The number of carbonyl (C=O) groups is 2. The van der Waals surface area contributed by atoms with Crippen LogP contribution in [-0.2, 0) is 9.53 Å². The van der Waals surface area contributed by atoms with E-state index in [0.29, 0.717) is 18.5 Å². The van der Waals surface area contributed by atoms with Crippen molar-refractivity contribution in [1.82, 2.24) is 9.88 Å². The van der Waals surface area contributed by atoms with Gasteiger partial charge in [0.2, 0.25) is 0 Å². The van der Waals surface area contributed by atoms with Crippen LogP contribution in [0.5, 0.6) is 0 Å². The molecule has 0 aliphatic rings. The third kappa shape index (κ3) is 9.54. The molecule has 146 valence electrons. The highest BCUT2D eigenvalue weighted by Crippen LogP contribution is 2.11. The monoisotopic (exact) mass is 362 g/mol. The van der Waals surface area contributed by atoms with Crippen LogP contribution in [0.2, 0.25) is 0 Å². The minimum absolute atomic E-state index is 0.000486. The van der Waals surface area contributed by atoms with Crippen molar-refractivity contribution in [3.8, 4) is 0 Å². The van der Waals surface area contributed by atoms with Crippen molar-refractivity contribution < 1.29 is 14.3 Å². The van der Waals surface area contributed by atoms with E-state index >= 15 is 0 Å². The number of carbonyl (C=O) groups excluding carboxylic acids is 2. The van der Waals surface area contributed by atoms with Gasteiger partial charge in [-0.25, -0.2) is 0 Å². The van der Waals surface area contributed by atoms with Crippen LogP contribution in [0.3, 0.4) is 0 Å². The number of esters is 1. The number of hydrogen-bond donors (Lipinski definition) is 0. The highest BCUT2D eigenvalue weighted by atomic mass is 16.5. The number of aromatic nitrogens is 1. The summed E-state index contributed by atoms with van der Waals surface area (Å²) in [6, 6.07) is 3.43. The average molecular weight is 363 g/mol. The minimum atomic E-state index is -0.231. The number of amides is 1. The maximum atomic E-state index is 12.3. The van der Waals surface area contributed by atoms with Crippen LogP contribution in [0.4, 0.5) is 0 Å². The van der Waals surface area contributed by atoms with Gasteiger partial charge in [-0.05, 0) is 25.5 Å². The average Bonchev–Trinajstić information content (AvgIpc) is 2.67. The SMILES string of the molecule is CCCCCCCCCCCC(=O)OCN(CC)C(=O)c1cccnc1. The van der Waals surface area contributed by atoms with Crippen molar-refractivity contribution in [3.05, 3.63) is 30.1 Å². The first-order chi connectivity index (χ1) is 12.7. The molecule has 1 heterocycles. The van der Waals surface area contributed by atoms with Crippen LogP contribution < -0.4 is 0 Å². The summed E-state index contributed by atoms with van der Waals surface area (Å²) in [5.41, 5.74) is 0.504. The molecule has 0 radical (unpaired) electrons. The Balaban J connectivity index is 2.12. The number of unbranched alkanes of at least 4 members (excludes halogenated alkanes) is 8. The van der Waals surface area contributed by atoms with Crippen LogP contribution in [0.1, 0.15) is 88.4 Å². The normalized spacial score (nSPS) is 10.5. The molecule has 0 fully saturated rings. The molecule has 0 spiro atoms.